The molecule has 0 fully saturated rings. The second-order valence-corrected chi connectivity index (χ2v) is 5.14. The van der Waals surface area contributed by atoms with E-state index in [1.165, 1.54) is 0 Å². The maximum Gasteiger partial charge on any atom is 0.164 e. The van der Waals surface area contributed by atoms with Gasteiger partial charge in [0.1, 0.15) is 17.5 Å². The summed E-state index contributed by atoms with van der Waals surface area (Å²) >= 11 is 0. The maximum atomic E-state index is 13.1. The van der Waals surface area contributed by atoms with Gasteiger partial charge in [-0.15, -0.1) is 0 Å². The van der Waals surface area contributed by atoms with Crippen LogP contribution >= 0.6 is 0 Å². The third kappa shape index (κ3) is 3.16. The van der Waals surface area contributed by atoms with E-state index in [0.717, 1.165) is 37.1 Å². The molecule has 21 heavy (non-hydrogen) atoms. The van der Waals surface area contributed by atoms with Gasteiger partial charge in [-0.05, 0) is 12.1 Å². The lowest BCUT2D eigenvalue weighted by molar-refractivity contribution is 0.0954. The number of halogens is 2. The fourth-order valence-corrected chi connectivity index (χ4v) is 2.53. The van der Waals surface area contributed by atoms with E-state index in [2.05, 4.69) is 14.5 Å². The number of ketones is 1. The molecule has 0 atom stereocenters. The molecule has 110 valence electrons. The Labute approximate surface area is 121 Å². The molecule has 0 saturated carbocycles. The van der Waals surface area contributed by atoms with E-state index in [4.69, 9.17) is 0 Å². The van der Waals surface area contributed by atoms with E-state index in [1.807, 2.05) is 6.20 Å². The summed E-state index contributed by atoms with van der Waals surface area (Å²) < 4.78 is 28.3. The van der Waals surface area contributed by atoms with Crippen LogP contribution in [-0.2, 0) is 13.1 Å². The lowest BCUT2D eigenvalue weighted by atomic mass is 10.1. The van der Waals surface area contributed by atoms with Gasteiger partial charge in [0.2, 0.25) is 0 Å². The van der Waals surface area contributed by atoms with Crippen LogP contribution in [0.15, 0.2) is 30.6 Å². The molecule has 2 aromatic rings. The Morgan fingerprint density at radius 1 is 1.19 bits per heavy atom. The monoisotopic (exact) mass is 291 g/mol. The minimum Gasteiger partial charge on any atom is -0.333 e. The van der Waals surface area contributed by atoms with Crippen molar-refractivity contribution in [2.45, 2.75) is 19.5 Å². The highest BCUT2D eigenvalue weighted by atomic mass is 19.1. The van der Waals surface area contributed by atoms with Crippen molar-refractivity contribution in [1.82, 2.24) is 14.5 Å². The van der Waals surface area contributed by atoms with Gasteiger partial charge >= 0.3 is 0 Å². The Balaban J connectivity index is 1.59. The fraction of sp³-hybridized carbons (Fsp3) is 0.333. The minimum absolute atomic E-state index is 0.0889. The van der Waals surface area contributed by atoms with Gasteiger partial charge in [0.15, 0.2) is 5.78 Å². The Morgan fingerprint density at radius 2 is 1.95 bits per heavy atom. The number of carbonyl (C=O) groups is 1. The molecule has 1 aliphatic heterocycles. The quantitative estimate of drug-likeness (QED) is 0.811. The number of Topliss-reactive ketones (excluding diaryl/α,β-unsaturated/α-hetero) is 1. The third-order valence-electron chi connectivity index (χ3n) is 3.66. The van der Waals surface area contributed by atoms with Crippen molar-refractivity contribution in [3.8, 4) is 0 Å². The van der Waals surface area contributed by atoms with Crippen molar-refractivity contribution in [3.05, 3.63) is 53.6 Å². The maximum absolute atomic E-state index is 13.1. The Bertz CT molecular complexity index is 648. The number of benzene rings is 1. The third-order valence-corrected chi connectivity index (χ3v) is 3.66. The molecular weight excluding hydrogens is 276 g/mol. The molecule has 1 aromatic heterocycles. The second-order valence-electron chi connectivity index (χ2n) is 5.14. The van der Waals surface area contributed by atoms with Crippen molar-refractivity contribution in [1.29, 1.82) is 0 Å². The number of fused-ring (bicyclic) bond motifs is 1. The van der Waals surface area contributed by atoms with E-state index in [1.54, 1.807) is 6.20 Å². The second kappa shape index (κ2) is 5.73. The molecule has 1 aromatic carbocycles. The van der Waals surface area contributed by atoms with Gasteiger partial charge in [0.05, 0.1) is 6.54 Å². The van der Waals surface area contributed by atoms with Crippen molar-refractivity contribution in [3.63, 3.8) is 0 Å². The van der Waals surface area contributed by atoms with Crippen molar-refractivity contribution < 1.29 is 13.6 Å². The Kier molecular flexibility index (Phi) is 3.79. The molecule has 0 radical (unpaired) electrons. The molecule has 0 aliphatic carbocycles. The van der Waals surface area contributed by atoms with E-state index < -0.39 is 11.6 Å². The molecule has 0 bridgehead atoms. The fourth-order valence-electron chi connectivity index (χ4n) is 2.53. The minimum atomic E-state index is -0.724. The highest BCUT2D eigenvalue weighted by Crippen LogP contribution is 2.13. The molecule has 4 nitrogen and oxygen atoms in total. The highest BCUT2D eigenvalue weighted by molar-refractivity contribution is 5.96. The van der Waals surface area contributed by atoms with E-state index in [-0.39, 0.29) is 17.8 Å². The van der Waals surface area contributed by atoms with Crippen LogP contribution in [0.2, 0.25) is 0 Å². The van der Waals surface area contributed by atoms with E-state index in [9.17, 15) is 13.6 Å². The van der Waals surface area contributed by atoms with Crippen molar-refractivity contribution in [2.24, 2.45) is 0 Å². The van der Waals surface area contributed by atoms with E-state index in [0.29, 0.717) is 13.1 Å². The van der Waals surface area contributed by atoms with Crippen LogP contribution in [0.3, 0.4) is 0 Å². The zero-order valence-corrected chi connectivity index (χ0v) is 11.4. The topological polar surface area (TPSA) is 38.1 Å². The van der Waals surface area contributed by atoms with Crippen LogP contribution in [0, 0.1) is 11.6 Å². The van der Waals surface area contributed by atoms with Crippen LogP contribution in [0.5, 0.6) is 0 Å². The number of aromatic nitrogens is 2. The summed E-state index contributed by atoms with van der Waals surface area (Å²) in [6.07, 6.45) is 3.94. The van der Waals surface area contributed by atoms with Crippen LogP contribution in [0.1, 0.15) is 22.6 Å². The van der Waals surface area contributed by atoms with Gasteiger partial charge in [0, 0.05) is 50.1 Å². The predicted octanol–water partition coefficient (Wildman–Crippen LogP) is 2.25. The highest BCUT2D eigenvalue weighted by Gasteiger charge is 2.18. The lowest BCUT2D eigenvalue weighted by Gasteiger charge is -2.27. The molecule has 3 rings (SSSR count). The van der Waals surface area contributed by atoms with Crippen LogP contribution in [0.4, 0.5) is 8.78 Å². The summed E-state index contributed by atoms with van der Waals surface area (Å²) in [5.41, 5.74) is 0.0889. The summed E-state index contributed by atoms with van der Waals surface area (Å²) in [6.45, 7) is 2.94. The number of hydrogen-bond donors (Lipinski definition) is 0. The van der Waals surface area contributed by atoms with Crippen LogP contribution < -0.4 is 0 Å². The molecule has 2 heterocycles. The average molecular weight is 291 g/mol. The summed E-state index contributed by atoms with van der Waals surface area (Å²) in [7, 11) is 0. The van der Waals surface area contributed by atoms with E-state index >= 15 is 0 Å². The zero-order chi connectivity index (χ0) is 14.8. The molecule has 1 aliphatic rings. The molecular formula is C15H15F2N3O. The number of nitrogens with zero attached hydrogens (tertiary/aromatic N) is 3. The summed E-state index contributed by atoms with van der Waals surface area (Å²) in [6, 6.07) is 2.92. The van der Waals surface area contributed by atoms with Crippen molar-refractivity contribution in [2.75, 3.05) is 13.1 Å². The van der Waals surface area contributed by atoms with Gasteiger partial charge in [-0.3, -0.25) is 9.69 Å². The summed E-state index contributed by atoms with van der Waals surface area (Å²) in [4.78, 5) is 18.4. The normalized spacial score (nSPS) is 15.0. The first-order valence-corrected chi connectivity index (χ1v) is 6.83. The van der Waals surface area contributed by atoms with Gasteiger partial charge in [-0.25, -0.2) is 13.8 Å². The molecule has 0 saturated heterocycles. The standard InChI is InChI=1S/C15H15F2N3O/c16-12-7-11(8-13(17)9-12)14(21)1-3-19-5-6-20-4-2-18-15(20)10-19/h2,4,7-9H,1,3,5-6,10H2. The Morgan fingerprint density at radius 3 is 2.71 bits per heavy atom. The summed E-state index contributed by atoms with van der Waals surface area (Å²) in [5.74, 6) is -0.718. The largest absolute Gasteiger partial charge is 0.333 e. The molecule has 0 spiro atoms. The average Bonchev–Trinajstić information content (AvgIpc) is 2.91. The lowest BCUT2D eigenvalue weighted by Crippen LogP contribution is -2.35. The SMILES string of the molecule is O=C(CCN1CCn2ccnc2C1)c1cc(F)cc(F)c1. The first kappa shape index (κ1) is 13.9. The molecule has 6 heteroatoms. The molecule has 0 amide bonds. The summed E-state index contributed by atoms with van der Waals surface area (Å²) in [5, 5.41) is 0. The van der Waals surface area contributed by atoms with Gasteiger partial charge < -0.3 is 4.57 Å². The smallest absolute Gasteiger partial charge is 0.164 e. The van der Waals surface area contributed by atoms with Gasteiger partial charge in [-0.2, -0.15) is 0 Å². The number of hydrogen-bond acceptors (Lipinski definition) is 3. The molecule has 0 N–H and O–H groups in total. The van der Waals surface area contributed by atoms with Crippen molar-refractivity contribution >= 4 is 5.78 Å². The first-order valence-electron chi connectivity index (χ1n) is 6.83. The number of rotatable bonds is 4. The predicted molar refractivity (Wildman–Crippen MR) is 72.8 cm³/mol. The van der Waals surface area contributed by atoms with Gasteiger partial charge in [-0.1, -0.05) is 0 Å². The Hall–Kier alpha value is -2.08. The van der Waals surface area contributed by atoms with Crippen LogP contribution in [-0.4, -0.2) is 33.3 Å². The number of carbonyl (C=O) groups excluding carboxylic acids is 1. The van der Waals surface area contributed by atoms with Gasteiger partial charge in [0.25, 0.3) is 0 Å². The number of imidazole rings is 1. The zero-order valence-electron chi connectivity index (χ0n) is 11.4. The first-order chi connectivity index (χ1) is 10.1. The van der Waals surface area contributed by atoms with Crippen LogP contribution in [0.25, 0.3) is 0 Å². The molecule has 0 unspecified atom stereocenters.